The van der Waals surface area contributed by atoms with Crippen LogP contribution in [0.5, 0.6) is 11.5 Å². The molecule has 0 saturated heterocycles. The van der Waals surface area contributed by atoms with Crippen LogP contribution in [0.3, 0.4) is 0 Å². The number of aromatic nitrogens is 2. The molecular weight excluding hydrogens is 342 g/mol. The lowest BCUT2D eigenvalue weighted by molar-refractivity contribution is 0.0950. The highest BCUT2D eigenvalue weighted by Gasteiger charge is 2.12. The van der Waals surface area contributed by atoms with Gasteiger partial charge in [0.2, 0.25) is 0 Å². The van der Waals surface area contributed by atoms with Gasteiger partial charge in [-0.2, -0.15) is 0 Å². The van der Waals surface area contributed by atoms with E-state index in [0.717, 1.165) is 5.69 Å². The van der Waals surface area contributed by atoms with Crippen molar-refractivity contribution in [2.75, 3.05) is 6.54 Å². The average Bonchev–Trinajstić information content (AvgIpc) is 2.70. The zero-order valence-electron chi connectivity index (χ0n) is 15.1. The van der Waals surface area contributed by atoms with Crippen molar-refractivity contribution in [2.45, 2.75) is 19.9 Å². The van der Waals surface area contributed by atoms with Gasteiger partial charge in [0.25, 0.3) is 11.5 Å². The molecule has 0 aliphatic rings. The molecule has 0 radical (unpaired) electrons. The lowest BCUT2D eigenvalue weighted by atomic mass is 10.2. The Labute approximate surface area is 157 Å². The van der Waals surface area contributed by atoms with Crippen LogP contribution < -0.4 is 15.6 Å². The van der Waals surface area contributed by atoms with E-state index in [0.29, 0.717) is 36.6 Å². The van der Waals surface area contributed by atoms with Crippen molar-refractivity contribution in [3.8, 4) is 11.5 Å². The van der Waals surface area contributed by atoms with Gasteiger partial charge in [-0.3, -0.25) is 14.2 Å². The first kappa shape index (κ1) is 18.4. The van der Waals surface area contributed by atoms with Crippen molar-refractivity contribution >= 4 is 5.91 Å². The summed E-state index contributed by atoms with van der Waals surface area (Å²) >= 11 is 0. The summed E-state index contributed by atoms with van der Waals surface area (Å²) in [6, 6.07) is 17.9. The van der Waals surface area contributed by atoms with E-state index < -0.39 is 0 Å². The molecule has 3 rings (SSSR count). The van der Waals surface area contributed by atoms with E-state index in [2.05, 4.69) is 10.3 Å². The Hall–Kier alpha value is -3.41. The maximum atomic E-state index is 12.5. The van der Waals surface area contributed by atoms with Crippen molar-refractivity contribution < 1.29 is 9.53 Å². The third kappa shape index (κ3) is 4.82. The van der Waals surface area contributed by atoms with Crippen LogP contribution in [0, 0.1) is 0 Å². The van der Waals surface area contributed by atoms with E-state index in [-0.39, 0.29) is 11.5 Å². The fraction of sp³-hybridized carbons (Fsp3) is 0.190. The van der Waals surface area contributed by atoms with Crippen LogP contribution in [0.4, 0.5) is 0 Å². The van der Waals surface area contributed by atoms with Crippen molar-refractivity contribution in [1.82, 2.24) is 14.9 Å². The largest absolute Gasteiger partial charge is 0.457 e. The maximum Gasteiger partial charge on any atom is 0.255 e. The van der Waals surface area contributed by atoms with E-state index in [1.165, 1.54) is 17.0 Å². The minimum Gasteiger partial charge on any atom is -0.457 e. The quantitative estimate of drug-likeness (QED) is 0.700. The third-order valence-corrected chi connectivity index (χ3v) is 4.04. The minimum atomic E-state index is -0.257. The number of ether oxygens (including phenoxy) is 1. The van der Waals surface area contributed by atoms with Crippen molar-refractivity contribution in [2.24, 2.45) is 0 Å². The minimum absolute atomic E-state index is 0.121. The molecule has 27 heavy (non-hydrogen) atoms. The SMILES string of the molecule is CCc1cc(=O)n(CCNC(=O)c2ccccc2Oc2ccccc2)cn1. The van der Waals surface area contributed by atoms with Gasteiger partial charge < -0.3 is 10.1 Å². The molecule has 0 atom stereocenters. The Morgan fingerprint density at radius 1 is 1.11 bits per heavy atom. The maximum absolute atomic E-state index is 12.5. The first-order valence-electron chi connectivity index (χ1n) is 8.83. The Bertz CT molecular complexity index is 968. The first-order valence-corrected chi connectivity index (χ1v) is 8.83. The summed E-state index contributed by atoms with van der Waals surface area (Å²) < 4.78 is 7.29. The first-order chi connectivity index (χ1) is 13.2. The van der Waals surface area contributed by atoms with Crippen LogP contribution in [0.1, 0.15) is 23.0 Å². The van der Waals surface area contributed by atoms with Gasteiger partial charge in [-0.05, 0) is 30.7 Å². The Kier molecular flexibility index (Phi) is 5.99. The molecule has 2 aromatic carbocycles. The highest BCUT2D eigenvalue weighted by Crippen LogP contribution is 2.24. The Morgan fingerprint density at radius 3 is 2.59 bits per heavy atom. The van der Waals surface area contributed by atoms with Crippen LogP contribution in [-0.2, 0) is 13.0 Å². The van der Waals surface area contributed by atoms with Crippen LogP contribution in [0.2, 0.25) is 0 Å². The molecular formula is C21H21N3O3. The number of carbonyl (C=O) groups excluding carboxylic acids is 1. The summed E-state index contributed by atoms with van der Waals surface area (Å²) in [6.45, 7) is 2.61. The third-order valence-electron chi connectivity index (χ3n) is 4.04. The monoisotopic (exact) mass is 363 g/mol. The standard InChI is InChI=1S/C21H21N3O3/c1-2-16-14-20(25)24(15-23-16)13-12-22-21(26)18-10-6-7-11-19(18)27-17-8-4-3-5-9-17/h3-11,14-15H,2,12-13H2,1H3,(H,22,26). The van der Waals surface area contributed by atoms with E-state index in [4.69, 9.17) is 4.74 Å². The fourth-order valence-corrected chi connectivity index (χ4v) is 2.57. The number of benzene rings is 2. The molecule has 0 unspecified atom stereocenters. The van der Waals surface area contributed by atoms with Gasteiger partial charge in [0.05, 0.1) is 11.9 Å². The average molecular weight is 363 g/mol. The molecule has 1 N–H and O–H groups in total. The predicted molar refractivity (Wildman–Crippen MR) is 103 cm³/mol. The van der Waals surface area contributed by atoms with Gasteiger partial charge in [0.15, 0.2) is 0 Å². The highest BCUT2D eigenvalue weighted by molar-refractivity contribution is 5.96. The van der Waals surface area contributed by atoms with Gasteiger partial charge in [0.1, 0.15) is 11.5 Å². The lowest BCUT2D eigenvalue weighted by Gasteiger charge is -2.12. The van der Waals surface area contributed by atoms with Gasteiger partial charge in [-0.25, -0.2) is 4.98 Å². The summed E-state index contributed by atoms with van der Waals surface area (Å²) in [5, 5.41) is 2.82. The number of hydrogen-bond donors (Lipinski definition) is 1. The predicted octanol–water partition coefficient (Wildman–Crippen LogP) is 3.03. The molecule has 0 aliphatic heterocycles. The van der Waals surface area contributed by atoms with E-state index in [1.54, 1.807) is 18.2 Å². The summed E-state index contributed by atoms with van der Waals surface area (Å²) in [6.07, 6.45) is 2.23. The molecule has 1 aromatic heterocycles. The number of amides is 1. The molecule has 6 heteroatoms. The molecule has 1 amide bonds. The second-order valence-corrected chi connectivity index (χ2v) is 5.93. The van der Waals surface area contributed by atoms with Crippen molar-refractivity contribution in [3.63, 3.8) is 0 Å². The number of nitrogens with zero attached hydrogens (tertiary/aromatic N) is 2. The van der Waals surface area contributed by atoms with Gasteiger partial charge in [0, 0.05) is 24.8 Å². The summed E-state index contributed by atoms with van der Waals surface area (Å²) in [5.41, 5.74) is 1.07. The smallest absolute Gasteiger partial charge is 0.255 e. The highest BCUT2D eigenvalue weighted by atomic mass is 16.5. The summed E-state index contributed by atoms with van der Waals surface area (Å²) in [7, 11) is 0. The van der Waals surface area contributed by atoms with Crippen LogP contribution in [0.15, 0.2) is 71.8 Å². The Balaban J connectivity index is 1.64. The number of aryl methyl sites for hydroxylation is 1. The molecule has 0 aliphatic carbocycles. The molecule has 0 bridgehead atoms. The lowest BCUT2D eigenvalue weighted by Crippen LogP contribution is -2.31. The van der Waals surface area contributed by atoms with E-state index in [9.17, 15) is 9.59 Å². The van der Waals surface area contributed by atoms with Crippen LogP contribution in [0.25, 0.3) is 0 Å². The molecule has 0 fully saturated rings. The summed E-state index contributed by atoms with van der Waals surface area (Å²) in [4.78, 5) is 28.7. The van der Waals surface area contributed by atoms with Gasteiger partial charge in [-0.15, -0.1) is 0 Å². The molecule has 6 nitrogen and oxygen atoms in total. The zero-order valence-corrected chi connectivity index (χ0v) is 15.1. The Morgan fingerprint density at radius 2 is 1.85 bits per heavy atom. The summed E-state index contributed by atoms with van der Waals surface area (Å²) in [5.74, 6) is 0.881. The van der Waals surface area contributed by atoms with Crippen molar-refractivity contribution in [1.29, 1.82) is 0 Å². The molecule has 0 spiro atoms. The topological polar surface area (TPSA) is 73.2 Å². The zero-order chi connectivity index (χ0) is 19.1. The van der Waals surface area contributed by atoms with E-state index >= 15 is 0 Å². The number of rotatable bonds is 7. The second kappa shape index (κ2) is 8.80. The number of carbonyl (C=O) groups is 1. The molecule has 138 valence electrons. The van der Waals surface area contributed by atoms with E-state index in [1.807, 2.05) is 43.3 Å². The molecule has 3 aromatic rings. The number of nitrogens with one attached hydrogen (secondary N) is 1. The molecule has 1 heterocycles. The second-order valence-electron chi connectivity index (χ2n) is 5.93. The van der Waals surface area contributed by atoms with Crippen LogP contribution >= 0.6 is 0 Å². The molecule has 0 saturated carbocycles. The van der Waals surface area contributed by atoms with Gasteiger partial charge in [-0.1, -0.05) is 37.3 Å². The number of hydrogen-bond acceptors (Lipinski definition) is 4. The van der Waals surface area contributed by atoms with Gasteiger partial charge >= 0.3 is 0 Å². The number of para-hydroxylation sites is 2. The normalized spacial score (nSPS) is 10.4. The van der Waals surface area contributed by atoms with Crippen molar-refractivity contribution in [3.05, 3.63) is 88.6 Å². The van der Waals surface area contributed by atoms with Crippen LogP contribution in [-0.4, -0.2) is 22.0 Å². The fourth-order valence-electron chi connectivity index (χ4n) is 2.57.